The first-order valence-corrected chi connectivity index (χ1v) is 11.3. The zero-order valence-electron chi connectivity index (χ0n) is 17.7. The molecule has 6 nitrogen and oxygen atoms in total. The van der Waals surface area contributed by atoms with Gasteiger partial charge in [0.25, 0.3) is 11.8 Å². The zero-order valence-corrected chi connectivity index (χ0v) is 19.3. The van der Waals surface area contributed by atoms with Gasteiger partial charge in [-0.05, 0) is 48.0 Å². The van der Waals surface area contributed by atoms with Gasteiger partial charge in [-0.3, -0.25) is 14.5 Å². The van der Waals surface area contributed by atoms with E-state index >= 15 is 0 Å². The van der Waals surface area contributed by atoms with E-state index in [1.54, 1.807) is 49.6 Å². The van der Waals surface area contributed by atoms with Crippen molar-refractivity contribution in [2.75, 3.05) is 23.9 Å². The fourth-order valence-corrected chi connectivity index (χ4v) is 4.42. The third-order valence-electron chi connectivity index (χ3n) is 4.71. The summed E-state index contributed by atoms with van der Waals surface area (Å²) in [4.78, 5) is 27.1. The van der Waals surface area contributed by atoms with Gasteiger partial charge in [-0.25, -0.2) is 0 Å². The number of thioether (sulfide) groups is 1. The first-order chi connectivity index (χ1) is 16.0. The molecule has 0 spiro atoms. The van der Waals surface area contributed by atoms with Gasteiger partial charge in [0.15, 0.2) is 10.9 Å². The second-order valence-corrected chi connectivity index (χ2v) is 8.67. The van der Waals surface area contributed by atoms with Gasteiger partial charge in [0, 0.05) is 11.8 Å². The van der Waals surface area contributed by atoms with Crippen molar-refractivity contribution in [1.29, 1.82) is 0 Å². The monoisotopic (exact) mass is 476 g/mol. The average Bonchev–Trinajstić information content (AvgIpc) is 3.11. The van der Waals surface area contributed by atoms with Gasteiger partial charge in [0.2, 0.25) is 0 Å². The molecule has 2 amide bonds. The molecule has 1 N–H and O–H groups in total. The van der Waals surface area contributed by atoms with Gasteiger partial charge >= 0.3 is 0 Å². The Hall–Kier alpha value is -3.62. The van der Waals surface area contributed by atoms with E-state index in [0.29, 0.717) is 26.4 Å². The number of anilines is 2. The van der Waals surface area contributed by atoms with Gasteiger partial charge in [0.05, 0.1) is 17.7 Å². The number of hydrogen-bond acceptors (Lipinski definition) is 6. The van der Waals surface area contributed by atoms with Crippen molar-refractivity contribution in [3.05, 3.63) is 89.3 Å². The quantitative estimate of drug-likeness (QED) is 0.377. The number of benzene rings is 3. The molecule has 3 aromatic rings. The van der Waals surface area contributed by atoms with Crippen LogP contribution in [0.4, 0.5) is 11.4 Å². The number of amides is 2. The summed E-state index contributed by atoms with van der Waals surface area (Å²) in [5.41, 5.74) is 2.21. The Morgan fingerprint density at radius 2 is 1.79 bits per heavy atom. The Kier molecular flexibility index (Phi) is 7.07. The van der Waals surface area contributed by atoms with Crippen LogP contribution < -0.4 is 19.7 Å². The van der Waals surface area contributed by atoms with Crippen molar-refractivity contribution in [2.45, 2.75) is 0 Å². The van der Waals surface area contributed by atoms with Gasteiger partial charge in [0.1, 0.15) is 11.5 Å². The van der Waals surface area contributed by atoms with E-state index in [-0.39, 0.29) is 18.4 Å². The van der Waals surface area contributed by atoms with Crippen LogP contribution in [0.25, 0.3) is 6.08 Å². The lowest BCUT2D eigenvalue weighted by Gasteiger charge is -2.13. The maximum atomic E-state index is 12.8. The molecule has 166 valence electrons. The standard InChI is InChI=1S/C25H20N2O4S2/c1-30-21-9-5-6-18(15-21)26-23(28)16-31-20-12-10-17(11-13-20)14-22-24(29)27(25(32)33-22)19-7-3-2-4-8-19/h2-15H,16H2,1H3,(H,26,28)/b22-14-. The van der Waals surface area contributed by atoms with Crippen LogP contribution in [0.5, 0.6) is 11.5 Å². The van der Waals surface area contributed by atoms with Crippen LogP contribution in [0.3, 0.4) is 0 Å². The molecule has 0 radical (unpaired) electrons. The van der Waals surface area contributed by atoms with Crippen molar-refractivity contribution in [2.24, 2.45) is 0 Å². The summed E-state index contributed by atoms with van der Waals surface area (Å²) in [6, 6.07) is 23.6. The van der Waals surface area contributed by atoms with Crippen molar-refractivity contribution in [3.63, 3.8) is 0 Å². The number of carbonyl (C=O) groups excluding carboxylic acids is 2. The summed E-state index contributed by atoms with van der Waals surface area (Å²) < 4.78 is 11.2. The van der Waals surface area contributed by atoms with Gasteiger partial charge in [-0.15, -0.1) is 0 Å². The maximum Gasteiger partial charge on any atom is 0.270 e. The molecule has 0 aromatic heterocycles. The number of hydrogen-bond donors (Lipinski definition) is 1. The SMILES string of the molecule is COc1cccc(NC(=O)COc2ccc(/C=C3\SC(=S)N(c4ccccc4)C3=O)cc2)c1. The van der Waals surface area contributed by atoms with Crippen LogP contribution in [-0.2, 0) is 9.59 Å². The summed E-state index contributed by atoms with van der Waals surface area (Å²) in [6.45, 7) is -0.133. The summed E-state index contributed by atoms with van der Waals surface area (Å²) in [7, 11) is 1.57. The molecule has 3 aromatic carbocycles. The molecule has 0 saturated carbocycles. The minimum Gasteiger partial charge on any atom is -0.497 e. The molecule has 1 saturated heterocycles. The van der Waals surface area contributed by atoms with Crippen molar-refractivity contribution in [1.82, 2.24) is 0 Å². The van der Waals surface area contributed by atoms with Crippen LogP contribution in [-0.4, -0.2) is 29.9 Å². The summed E-state index contributed by atoms with van der Waals surface area (Å²) >= 11 is 6.66. The number of para-hydroxylation sites is 1. The summed E-state index contributed by atoms with van der Waals surface area (Å²) in [6.07, 6.45) is 1.79. The number of thiocarbonyl (C=S) groups is 1. The highest BCUT2D eigenvalue weighted by Crippen LogP contribution is 2.36. The fraction of sp³-hybridized carbons (Fsp3) is 0.0800. The van der Waals surface area contributed by atoms with E-state index in [9.17, 15) is 9.59 Å². The largest absolute Gasteiger partial charge is 0.497 e. The Morgan fingerprint density at radius 1 is 1.03 bits per heavy atom. The van der Waals surface area contributed by atoms with Gasteiger partial charge in [-0.2, -0.15) is 0 Å². The molecule has 0 bridgehead atoms. The molecule has 0 unspecified atom stereocenters. The maximum absolute atomic E-state index is 12.8. The predicted octanol–water partition coefficient (Wildman–Crippen LogP) is 5.12. The Labute approximate surface area is 201 Å². The minimum atomic E-state index is -0.281. The van der Waals surface area contributed by atoms with Crippen molar-refractivity contribution in [3.8, 4) is 11.5 Å². The molecule has 1 heterocycles. The smallest absolute Gasteiger partial charge is 0.270 e. The van der Waals surface area contributed by atoms with Crippen LogP contribution >= 0.6 is 24.0 Å². The molecular weight excluding hydrogens is 456 g/mol. The number of methoxy groups -OCH3 is 1. The lowest BCUT2D eigenvalue weighted by molar-refractivity contribution is -0.118. The number of nitrogens with one attached hydrogen (secondary N) is 1. The number of ether oxygens (including phenoxy) is 2. The predicted molar refractivity (Wildman–Crippen MR) is 136 cm³/mol. The third-order valence-corrected chi connectivity index (χ3v) is 6.01. The first kappa shape index (κ1) is 22.6. The van der Waals surface area contributed by atoms with E-state index in [0.717, 1.165) is 11.3 Å². The number of nitrogens with zero attached hydrogens (tertiary/aromatic N) is 1. The second kappa shape index (κ2) is 10.3. The molecule has 0 atom stereocenters. The van der Waals surface area contributed by atoms with Crippen molar-refractivity contribution < 1.29 is 19.1 Å². The molecule has 8 heteroatoms. The number of carbonyl (C=O) groups is 2. The Bertz CT molecular complexity index is 1210. The molecule has 1 aliphatic heterocycles. The minimum absolute atomic E-state index is 0.133. The van der Waals surface area contributed by atoms with Gasteiger partial charge < -0.3 is 14.8 Å². The molecule has 0 aliphatic carbocycles. The summed E-state index contributed by atoms with van der Waals surface area (Å²) in [5.74, 6) is 0.775. The lowest BCUT2D eigenvalue weighted by atomic mass is 10.2. The van der Waals surface area contributed by atoms with Crippen LogP contribution in [0.15, 0.2) is 83.8 Å². The highest BCUT2D eigenvalue weighted by molar-refractivity contribution is 8.27. The Balaban J connectivity index is 1.35. The average molecular weight is 477 g/mol. The second-order valence-electron chi connectivity index (χ2n) is 6.99. The molecular formula is C25H20N2O4S2. The van der Waals surface area contributed by atoms with E-state index in [4.69, 9.17) is 21.7 Å². The molecule has 4 rings (SSSR count). The normalized spacial score (nSPS) is 14.5. The van der Waals surface area contributed by atoms with Crippen LogP contribution in [0.1, 0.15) is 5.56 Å². The Morgan fingerprint density at radius 3 is 2.52 bits per heavy atom. The summed E-state index contributed by atoms with van der Waals surface area (Å²) in [5, 5.41) is 2.76. The van der Waals surface area contributed by atoms with Crippen LogP contribution in [0, 0.1) is 0 Å². The van der Waals surface area contributed by atoms with E-state index < -0.39 is 0 Å². The van der Waals surface area contributed by atoms with E-state index in [2.05, 4.69) is 5.32 Å². The lowest BCUT2D eigenvalue weighted by Crippen LogP contribution is -2.27. The van der Waals surface area contributed by atoms with Crippen LogP contribution in [0.2, 0.25) is 0 Å². The van der Waals surface area contributed by atoms with Gasteiger partial charge in [-0.1, -0.05) is 60.4 Å². The zero-order chi connectivity index (χ0) is 23.2. The first-order valence-electron chi connectivity index (χ1n) is 10.0. The van der Waals surface area contributed by atoms with Crippen molar-refractivity contribution >= 4 is 57.6 Å². The van der Waals surface area contributed by atoms with E-state index in [1.807, 2.05) is 42.5 Å². The van der Waals surface area contributed by atoms with E-state index in [1.165, 1.54) is 16.7 Å². The molecule has 33 heavy (non-hydrogen) atoms. The molecule has 1 aliphatic rings. The number of rotatable bonds is 7. The highest BCUT2D eigenvalue weighted by Gasteiger charge is 2.33. The highest BCUT2D eigenvalue weighted by atomic mass is 32.2. The fourth-order valence-electron chi connectivity index (χ4n) is 3.13. The molecule has 1 fully saturated rings. The third kappa shape index (κ3) is 5.60. The topological polar surface area (TPSA) is 67.9 Å².